The second-order valence-electron chi connectivity index (χ2n) is 4.80. The van der Waals surface area contributed by atoms with Crippen molar-refractivity contribution >= 4 is 0 Å². The Bertz CT molecular complexity index is 232. The van der Waals surface area contributed by atoms with E-state index in [1.165, 1.54) is 25.7 Å². The van der Waals surface area contributed by atoms with Crippen LogP contribution in [0.15, 0.2) is 23.8 Å². The van der Waals surface area contributed by atoms with Crippen LogP contribution < -0.4 is 0 Å². The summed E-state index contributed by atoms with van der Waals surface area (Å²) in [6.45, 7) is 4.71. The lowest BCUT2D eigenvalue weighted by molar-refractivity contribution is 0.295. The highest BCUT2D eigenvalue weighted by Crippen LogP contribution is 2.40. The molecule has 2 unspecified atom stereocenters. The van der Waals surface area contributed by atoms with Crippen LogP contribution in [-0.2, 0) is 0 Å². The van der Waals surface area contributed by atoms with Crippen LogP contribution in [0.25, 0.3) is 0 Å². The molecule has 0 bridgehead atoms. The zero-order valence-corrected chi connectivity index (χ0v) is 8.79. The molecule has 0 aromatic rings. The molecule has 0 saturated heterocycles. The van der Waals surface area contributed by atoms with Crippen molar-refractivity contribution in [1.29, 1.82) is 0 Å². The SMILES string of the molecule is CC(C)C1C=CC=C2CCCCC21. The first kappa shape index (κ1) is 9.05. The van der Waals surface area contributed by atoms with Crippen molar-refractivity contribution in [3.8, 4) is 0 Å². The molecule has 13 heavy (non-hydrogen) atoms. The summed E-state index contributed by atoms with van der Waals surface area (Å²) in [5.74, 6) is 2.52. The van der Waals surface area contributed by atoms with Gasteiger partial charge in [-0.15, -0.1) is 0 Å². The van der Waals surface area contributed by atoms with Crippen LogP contribution >= 0.6 is 0 Å². The van der Waals surface area contributed by atoms with Crippen LogP contribution in [-0.4, -0.2) is 0 Å². The summed E-state index contributed by atoms with van der Waals surface area (Å²) >= 11 is 0. The van der Waals surface area contributed by atoms with Gasteiger partial charge in [-0.05, 0) is 37.0 Å². The minimum atomic E-state index is 0.808. The van der Waals surface area contributed by atoms with Gasteiger partial charge in [0.05, 0.1) is 0 Å². The molecule has 2 rings (SSSR count). The second-order valence-corrected chi connectivity index (χ2v) is 4.80. The molecule has 0 spiro atoms. The first-order chi connectivity index (χ1) is 6.29. The van der Waals surface area contributed by atoms with E-state index >= 15 is 0 Å². The molecule has 2 atom stereocenters. The lowest BCUT2D eigenvalue weighted by atomic mass is 9.70. The molecule has 0 heteroatoms. The zero-order chi connectivity index (χ0) is 9.26. The van der Waals surface area contributed by atoms with E-state index in [2.05, 4.69) is 32.1 Å². The summed E-state index contributed by atoms with van der Waals surface area (Å²) in [7, 11) is 0. The van der Waals surface area contributed by atoms with Crippen LogP contribution in [0.4, 0.5) is 0 Å². The highest BCUT2D eigenvalue weighted by atomic mass is 14.3. The summed E-state index contributed by atoms with van der Waals surface area (Å²) in [5, 5.41) is 0. The lowest BCUT2D eigenvalue weighted by Gasteiger charge is -2.35. The summed E-state index contributed by atoms with van der Waals surface area (Å²) in [4.78, 5) is 0. The van der Waals surface area contributed by atoms with E-state index in [4.69, 9.17) is 0 Å². The third-order valence-electron chi connectivity index (χ3n) is 3.58. The maximum atomic E-state index is 2.42. The average molecular weight is 176 g/mol. The third kappa shape index (κ3) is 1.72. The predicted molar refractivity (Wildman–Crippen MR) is 57.5 cm³/mol. The monoisotopic (exact) mass is 176 g/mol. The Hall–Kier alpha value is -0.520. The molecule has 1 fully saturated rings. The van der Waals surface area contributed by atoms with Gasteiger partial charge in [-0.3, -0.25) is 0 Å². The fraction of sp³-hybridized carbons (Fsp3) is 0.692. The fourth-order valence-corrected chi connectivity index (χ4v) is 2.84. The standard InChI is InChI=1S/C13H20/c1-10(2)12-9-5-7-11-6-3-4-8-13(11)12/h5,7,9-10,12-13H,3-4,6,8H2,1-2H3. The maximum absolute atomic E-state index is 2.42. The lowest BCUT2D eigenvalue weighted by Crippen LogP contribution is -2.24. The minimum absolute atomic E-state index is 0.808. The summed E-state index contributed by atoms with van der Waals surface area (Å²) in [6.07, 6.45) is 12.7. The highest BCUT2D eigenvalue weighted by molar-refractivity contribution is 5.24. The Labute approximate surface area is 81.7 Å². The van der Waals surface area contributed by atoms with E-state index in [1.54, 1.807) is 5.57 Å². The molecule has 0 aromatic carbocycles. The largest absolute Gasteiger partial charge is 0.0806 e. The van der Waals surface area contributed by atoms with E-state index in [9.17, 15) is 0 Å². The number of allylic oxidation sites excluding steroid dienone is 4. The van der Waals surface area contributed by atoms with Gasteiger partial charge in [0.1, 0.15) is 0 Å². The quantitative estimate of drug-likeness (QED) is 0.567. The van der Waals surface area contributed by atoms with Gasteiger partial charge in [0, 0.05) is 0 Å². The zero-order valence-electron chi connectivity index (χ0n) is 8.79. The number of hydrogen-bond acceptors (Lipinski definition) is 0. The van der Waals surface area contributed by atoms with Gasteiger partial charge in [-0.25, -0.2) is 0 Å². The van der Waals surface area contributed by atoms with Crippen LogP contribution in [0, 0.1) is 17.8 Å². The molecule has 0 aliphatic heterocycles. The summed E-state index contributed by atoms with van der Waals surface area (Å²) in [5.41, 5.74) is 1.73. The average Bonchev–Trinajstić information content (AvgIpc) is 2.17. The van der Waals surface area contributed by atoms with Crippen molar-refractivity contribution in [3.63, 3.8) is 0 Å². The Morgan fingerprint density at radius 3 is 2.92 bits per heavy atom. The van der Waals surface area contributed by atoms with Crippen molar-refractivity contribution < 1.29 is 0 Å². The molecule has 0 heterocycles. The fourth-order valence-electron chi connectivity index (χ4n) is 2.84. The van der Waals surface area contributed by atoms with Gasteiger partial charge in [0.15, 0.2) is 0 Å². The molecule has 0 amide bonds. The highest BCUT2D eigenvalue weighted by Gasteiger charge is 2.28. The normalized spacial score (nSPS) is 33.0. The molecular weight excluding hydrogens is 156 g/mol. The molecule has 72 valence electrons. The number of fused-ring (bicyclic) bond motifs is 1. The van der Waals surface area contributed by atoms with Gasteiger partial charge < -0.3 is 0 Å². The van der Waals surface area contributed by atoms with Gasteiger partial charge in [0.2, 0.25) is 0 Å². The number of hydrogen-bond donors (Lipinski definition) is 0. The van der Waals surface area contributed by atoms with Crippen molar-refractivity contribution in [2.24, 2.45) is 17.8 Å². The van der Waals surface area contributed by atoms with Crippen LogP contribution in [0.5, 0.6) is 0 Å². The Morgan fingerprint density at radius 2 is 2.15 bits per heavy atom. The third-order valence-corrected chi connectivity index (χ3v) is 3.58. The Kier molecular flexibility index (Phi) is 2.57. The molecule has 0 nitrogen and oxygen atoms in total. The molecule has 0 aromatic heterocycles. The van der Waals surface area contributed by atoms with Crippen molar-refractivity contribution in [2.75, 3.05) is 0 Å². The molecular formula is C13H20. The van der Waals surface area contributed by atoms with Gasteiger partial charge in [-0.1, -0.05) is 44.1 Å². The van der Waals surface area contributed by atoms with Crippen molar-refractivity contribution in [1.82, 2.24) is 0 Å². The van der Waals surface area contributed by atoms with Crippen LogP contribution in [0.3, 0.4) is 0 Å². The first-order valence-electron chi connectivity index (χ1n) is 5.66. The first-order valence-corrected chi connectivity index (χ1v) is 5.66. The van der Waals surface area contributed by atoms with E-state index < -0.39 is 0 Å². The van der Waals surface area contributed by atoms with Crippen molar-refractivity contribution in [3.05, 3.63) is 23.8 Å². The molecule has 2 aliphatic rings. The second kappa shape index (κ2) is 3.69. The topological polar surface area (TPSA) is 0 Å². The minimum Gasteiger partial charge on any atom is -0.0806 e. The van der Waals surface area contributed by atoms with E-state index in [1.807, 2.05) is 0 Å². The van der Waals surface area contributed by atoms with E-state index in [0.29, 0.717) is 0 Å². The number of rotatable bonds is 1. The summed E-state index contributed by atoms with van der Waals surface area (Å²) in [6, 6.07) is 0. The van der Waals surface area contributed by atoms with Gasteiger partial charge in [-0.2, -0.15) is 0 Å². The molecule has 0 radical (unpaired) electrons. The summed E-state index contributed by atoms with van der Waals surface area (Å²) < 4.78 is 0. The van der Waals surface area contributed by atoms with Crippen LogP contribution in [0.1, 0.15) is 39.5 Å². The Morgan fingerprint density at radius 1 is 1.31 bits per heavy atom. The van der Waals surface area contributed by atoms with E-state index in [-0.39, 0.29) is 0 Å². The van der Waals surface area contributed by atoms with E-state index in [0.717, 1.165) is 17.8 Å². The maximum Gasteiger partial charge on any atom is -0.0135 e. The predicted octanol–water partition coefficient (Wildman–Crippen LogP) is 3.95. The van der Waals surface area contributed by atoms with Crippen LogP contribution in [0.2, 0.25) is 0 Å². The molecule has 0 N–H and O–H groups in total. The molecule has 1 saturated carbocycles. The van der Waals surface area contributed by atoms with Crippen molar-refractivity contribution in [2.45, 2.75) is 39.5 Å². The Balaban J connectivity index is 2.16. The molecule has 2 aliphatic carbocycles. The van der Waals surface area contributed by atoms with Gasteiger partial charge in [0.25, 0.3) is 0 Å². The van der Waals surface area contributed by atoms with Gasteiger partial charge >= 0.3 is 0 Å². The smallest absolute Gasteiger partial charge is 0.0135 e.